The largest absolute Gasteiger partial charge is 0.308 e. The van der Waals surface area contributed by atoms with Crippen molar-refractivity contribution >= 4 is 27.3 Å². The van der Waals surface area contributed by atoms with Crippen molar-refractivity contribution in [2.24, 2.45) is 0 Å². The summed E-state index contributed by atoms with van der Waals surface area (Å²) in [6, 6.07) is 2.16. The van der Waals surface area contributed by atoms with Crippen LogP contribution in [0.25, 0.3) is 0 Å². The van der Waals surface area contributed by atoms with E-state index in [1.165, 1.54) is 20.6 Å². The van der Waals surface area contributed by atoms with Gasteiger partial charge < -0.3 is 5.32 Å². The lowest BCUT2D eigenvalue weighted by Gasteiger charge is -2.04. The summed E-state index contributed by atoms with van der Waals surface area (Å²) < 4.78 is 3.25. The number of rotatable bonds is 5. The van der Waals surface area contributed by atoms with E-state index in [1.807, 2.05) is 0 Å². The molecule has 0 bridgehead atoms. The van der Waals surface area contributed by atoms with Gasteiger partial charge in [0.25, 0.3) is 0 Å². The average molecular weight is 328 g/mol. The summed E-state index contributed by atoms with van der Waals surface area (Å²) in [6.45, 7) is 9.06. The molecule has 0 unspecified atom stereocenters. The van der Waals surface area contributed by atoms with Crippen molar-refractivity contribution in [3.05, 3.63) is 37.7 Å². The van der Waals surface area contributed by atoms with Gasteiger partial charge in [-0.15, -0.1) is 11.3 Å². The lowest BCUT2D eigenvalue weighted by Crippen LogP contribution is -2.13. The first-order valence-corrected chi connectivity index (χ1v) is 7.75. The smallest absolute Gasteiger partial charge is 0.0701 e. The maximum Gasteiger partial charge on any atom is 0.0701 e. The number of nitrogens with one attached hydrogen (secondary N) is 1. The van der Waals surface area contributed by atoms with E-state index in [0.717, 1.165) is 25.3 Å². The fourth-order valence-electron chi connectivity index (χ4n) is 2.07. The quantitative estimate of drug-likeness (QED) is 0.908. The molecule has 0 saturated heterocycles. The van der Waals surface area contributed by atoms with E-state index in [1.54, 1.807) is 11.3 Å². The molecule has 0 radical (unpaired) electrons. The van der Waals surface area contributed by atoms with Crippen LogP contribution < -0.4 is 5.32 Å². The molecule has 0 spiro atoms. The number of hydrogen-bond acceptors (Lipinski definition) is 3. The SMILES string of the molecule is CCn1nc(C)c(CNCc2csc(Br)c2)c1C. The Morgan fingerprint density at radius 2 is 2.17 bits per heavy atom. The molecule has 0 aliphatic heterocycles. The van der Waals surface area contributed by atoms with Gasteiger partial charge in [0.2, 0.25) is 0 Å². The van der Waals surface area contributed by atoms with Crippen molar-refractivity contribution < 1.29 is 0 Å². The van der Waals surface area contributed by atoms with Crippen LogP contribution in [0.15, 0.2) is 15.2 Å². The van der Waals surface area contributed by atoms with E-state index in [4.69, 9.17) is 0 Å². The topological polar surface area (TPSA) is 29.9 Å². The van der Waals surface area contributed by atoms with Gasteiger partial charge in [-0.05, 0) is 53.7 Å². The number of aryl methyl sites for hydroxylation is 2. The Hall–Kier alpha value is -0.650. The minimum atomic E-state index is 0.880. The second-order valence-electron chi connectivity index (χ2n) is 4.33. The van der Waals surface area contributed by atoms with Crippen LogP contribution in [0, 0.1) is 13.8 Å². The zero-order valence-electron chi connectivity index (χ0n) is 11.0. The number of thiophene rings is 1. The van der Waals surface area contributed by atoms with Crippen LogP contribution >= 0.6 is 27.3 Å². The summed E-state index contributed by atoms with van der Waals surface area (Å²) in [4.78, 5) is 0. The van der Waals surface area contributed by atoms with Crippen molar-refractivity contribution in [2.75, 3.05) is 0 Å². The molecule has 0 saturated carbocycles. The second kappa shape index (κ2) is 5.99. The van der Waals surface area contributed by atoms with Gasteiger partial charge in [-0.1, -0.05) is 0 Å². The number of hydrogen-bond donors (Lipinski definition) is 1. The number of aromatic nitrogens is 2. The average Bonchev–Trinajstić information content (AvgIpc) is 2.86. The molecule has 2 aromatic heterocycles. The van der Waals surface area contributed by atoms with Crippen LogP contribution in [-0.2, 0) is 19.6 Å². The van der Waals surface area contributed by atoms with Crippen LogP contribution in [0.5, 0.6) is 0 Å². The van der Waals surface area contributed by atoms with Crippen LogP contribution in [0.3, 0.4) is 0 Å². The third kappa shape index (κ3) is 3.02. The maximum atomic E-state index is 4.53. The summed E-state index contributed by atoms with van der Waals surface area (Å²) in [7, 11) is 0. The Balaban J connectivity index is 1.96. The molecular weight excluding hydrogens is 310 g/mol. The molecule has 2 aromatic rings. The van der Waals surface area contributed by atoms with Gasteiger partial charge in [-0.3, -0.25) is 4.68 Å². The molecule has 0 aliphatic carbocycles. The van der Waals surface area contributed by atoms with Gasteiger partial charge in [0.15, 0.2) is 0 Å². The van der Waals surface area contributed by atoms with Crippen molar-refractivity contribution in [3.8, 4) is 0 Å². The van der Waals surface area contributed by atoms with Crippen LogP contribution in [0.4, 0.5) is 0 Å². The molecule has 0 fully saturated rings. The molecule has 0 aromatic carbocycles. The van der Waals surface area contributed by atoms with Crippen LogP contribution in [0.1, 0.15) is 29.4 Å². The minimum Gasteiger partial charge on any atom is -0.308 e. The monoisotopic (exact) mass is 327 g/mol. The van der Waals surface area contributed by atoms with Gasteiger partial charge >= 0.3 is 0 Å². The summed E-state index contributed by atoms with van der Waals surface area (Å²) in [6.07, 6.45) is 0. The zero-order chi connectivity index (χ0) is 13.1. The summed E-state index contributed by atoms with van der Waals surface area (Å²) in [5.41, 5.74) is 5.05. The van der Waals surface area contributed by atoms with Crippen molar-refractivity contribution in [2.45, 2.75) is 40.4 Å². The molecule has 98 valence electrons. The molecule has 1 N–H and O–H groups in total. The lowest BCUT2D eigenvalue weighted by atomic mass is 10.2. The van der Waals surface area contributed by atoms with Gasteiger partial charge in [-0.2, -0.15) is 5.10 Å². The van der Waals surface area contributed by atoms with Gasteiger partial charge in [0.1, 0.15) is 0 Å². The normalized spacial score (nSPS) is 11.1. The summed E-state index contributed by atoms with van der Waals surface area (Å²) >= 11 is 5.21. The highest BCUT2D eigenvalue weighted by Crippen LogP contribution is 2.20. The van der Waals surface area contributed by atoms with Crippen molar-refractivity contribution in [1.29, 1.82) is 0 Å². The van der Waals surface area contributed by atoms with Crippen molar-refractivity contribution in [1.82, 2.24) is 15.1 Å². The Kier molecular flexibility index (Phi) is 4.59. The molecule has 5 heteroatoms. The zero-order valence-corrected chi connectivity index (χ0v) is 13.4. The predicted octanol–water partition coefficient (Wildman–Crippen LogP) is 3.63. The Morgan fingerprint density at radius 3 is 2.72 bits per heavy atom. The second-order valence-corrected chi connectivity index (χ2v) is 6.62. The van der Waals surface area contributed by atoms with Crippen LogP contribution in [-0.4, -0.2) is 9.78 Å². The molecule has 0 amide bonds. The highest BCUT2D eigenvalue weighted by Gasteiger charge is 2.09. The molecule has 0 aliphatic rings. The van der Waals surface area contributed by atoms with E-state index in [0.29, 0.717) is 0 Å². The van der Waals surface area contributed by atoms with Gasteiger partial charge in [0, 0.05) is 30.9 Å². The summed E-state index contributed by atoms with van der Waals surface area (Å²) in [5, 5.41) is 10.2. The third-order valence-electron chi connectivity index (χ3n) is 3.08. The standard InChI is InChI=1S/C13H18BrN3S/c1-4-17-10(3)12(9(2)16-17)7-15-6-11-5-13(14)18-8-11/h5,8,15H,4,6-7H2,1-3H3. The Labute approximate surface area is 120 Å². The first-order chi connectivity index (χ1) is 8.61. The predicted molar refractivity (Wildman–Crippen MR) is 79.9 cm³/mol. The fraction of sp³-hybridized carbons (Fsp3) is 0.462. The maximum absolute atomic E-state index is 4.53. The van der Waals surface area contributed by atoms with Gasteiger partial charge in [-0.25, -0.2) is 0 Å². The molecule has 18 heavy (non-hydrogen) atoms. The third-order valence-corrected chi connectivity index (χ3v) is 4.64. The first-order valence-electron chi connectivity index (χ1n) is 6.08. The lowest BCUT2D eigenvalue weighted by molar-refractivity contribution is 0.630. The highest BCUT2D eigenvalue weighted by atomic mass is 79.9. The van der Waals surface area contributed by atoms with Crippen molar-refractivity contribution in [3.63, 3.8) is 0 Å². The summed E-state index contributed by atoms with van der Waals surface area (Å²) in [5.74, 6) is 0. The highest BCUT2D eigenvalue weighted by molar-refractivity contribution is 9.11. The van der Waals surface area contributed by atoms with E-state index in [9.17, 15) is 0 Å². The minimum absolute atomic E-state index is 0.880. The van der Waals surface area contributed by atoms with E-state index in [2.05, 4.69) is 63.2 Å². The number of halogens is 1. The van der Waals surface area contributed by atoms with E-state index >= 15 is 0 Å². The molecular formula is C13H18BrN3S. The Morgan fingerprint density at radius 1 is 1.39 bits per heavy atom. The molecule has 3 nitrogen and oxygen atoms in total. The van der Waals surface area contributed by atoms with E-state index in [-0.39, 0.29) is 0 Å². The Bertz CT molecular complexity index is 530. The first kappa shape index (κ1) is 13.8. The van der Waals surface area contributed by atoms with Crippen LogP contribution in [0.2, 0.25) is 0 Å². The number of nitrogens with zero attached hydrogens (tertiary/aromatic N) is 2. The van der Waals surface area contributed by atoms with E-state index < -0.39 is 0 Å². The molecule has 2 rings (SSSR count). The fourth-order valence-corrected chi connectivity index (χ4v) is 3.28. The molecule has 2 heterocycles. The molecule has 0 atom stereocenters. The van der Waals surface area contributed by atoms with Gasteiger partial charge in [0.05, 0.1) is 9.48 Å².